The summed E-state index contributed by atoms with van der Waals surface area (Å²) in [5.41, 5.74) is 1.68. The van der Waals surface area contributed by atoms with Crippen LogP contribution < -0.4 is 0 Å². The molecule has 0 bridgehead atoms. The maximum atomic E-state index is 11.2. The van der Waals surface area contributed by atoms with E-state index >= 15 is 0 Å². The van der Waals surface area contributed by atoms with Crippen molar-refractivity contribution in [1.29, 1.82) is 0 Å². The molecule has 2 fully saturated rings. The molecule has 0 aliphatic carbocycles. The van der Waals surface area contributed by atoms with Crippen molar-refractivity contribution >= 4 is 11.6 Å². The minimum absolute atomic E-state index is 0.475. The van der Waals surface area contributed by atoms with Crippen molar-refractivity contribution in [2.24, 2.45) is 0 Å². The van der Waals surface area contributed by atoms with Crippen LogP contribution in [0.2, 0.25) is 5.02 Å². The number of halogens is 1. The molecular weight excluding hydrogens is 318 g/mol. The SMILES string of the molecule is O[C@@]1(c2ccccc2)CCN2C[C@H](c3ccccc3Cl)CC[C@H]2C1. The predicted octanol–water partition coefficient (Wildman–Crippen LogP) is 4.57. The van der Waals surface area contributed by atoms with Crippen LogP contribution in [0.5, 0.6) is 0 Å². The molecule has 0 saturated carbocycles. The molecule has 1 N–H and O–H groups in total. The quantitative estimate of drug-likeness (QED) is 0.865. The monoisotopic (exact) mass is 341 g/mol. The number of rotatable bonds is 2. The van der Waals surface area contributed by atoms with E-state index in [1.54, 1.807) is 0 Å². The number of fused-ring (bicyclic) bond motifs is 1. The molecule has 3 atom stereocenters. The van der Waals surface area contributed by atoms with Crippen molar-refractivity contribution in [2.45, 2.75) is 43.2 Å². The zero-order valence-electron chi connectivity index (χ0n) is 13.9. The van der Waals surface area contributed by atoms with Gasteiger partial charge in [0.15, 0.2) is 0 Å². The van der Waals surface area contributed by atoms with Crippen molar-refractivity contribution in [2.75, 3.05) is 13.1 Å². The maximum Gasteiger partial charge on any atom is 0.0923 e. The number of hydrogen-bond donors (Lipinski definition) is 1. The van der Waals surface area contributed by atoms with Crippen LogP contribution >= 0.6 is 11.6 Å². The Morgan fingerprint density at radius 3 is 2.54 bits per heavy atom. The predicted molar refractivity (Wildman–Crippen MR) is 98.4 cm³/mol. The van der Waals surface area contributed by atoms with Gasteiger partial charge in [-0.2, -0.15) is 0 Å². The fourth-order valence-corrected chi connectivity index (χ4v) is 4.79. The second-order valence-corrected chi connectivity index (χ2v) is 7.70. The van der Waals surface area contributed by atoms with Gasteiger partial charge in [0.1, 0.15) is 0 Å². The maximum absolute atomic E-state index is 11.2. The van der Waals surface area contributed by atoms with Crippen LogP contribution in [0.3, 0.4) is 0 Å². The highest BCUT2D eigenvalue weighted by atomic mass is 35.5. The summed E-state index contributed by atoms with van der Waals surface area (Å²) in [6.45, 7) is 2.01. The van der Waals surface area contributed by atoms with E-state index in [2.05, 4.69) is 29.2 Å². The average molecular weight is 342 g/mol. The van der Waals surface area contributed by atoms with Crippen molar-refractivity contribution in [3.8, 4) is 0 Å². The Labute approximate surface area is 149 Å². The summed E-state index contributed by atoms with van der Waals surface area (Å²) in [4.78, 5) is 2.56. The molecule has 2 heterocycles. The van der Waals surface area contributed by atoms with E-state index in [4.69, 9.17) is 11.6 Å². The van der Waals surface area contributed by atoms with E-state index < -0.39 is 5.60 Å². The zero-order chi connectivity index (χ0) is 16.6. The molecule has 0 radical (unpaired) electrons. The van der Waals surface area contributed by atoms with Gasteiger partial charge in [-0.15, -0.1) is 0 Å². The first-order valence-electron chi connectivity index (χ1n) is 8.92. The lowest BCUT2D eigenvalue weighted by molar-refractivity contribution is -0.0639. The summed E-state index contributed by atoms with van der Waals surface area (Å²) in [7, 11) is 0. The van der Waals surface area contributed by atoms with Crippen LogP contribution in [-0.4, -0.2) is 29.1 Å². The molecule has 2 aromatic rings. The van der Waals surface area contributed by atoms with Crippen molar-refractivity contribution in [3.63, 3.8) is 0 Å². The Morgan fingerprint density at radius 2 is 1.75 bits per heavy atom. The highest BCUT2D eigenvalue weighted by molar-refractivity contribution is 6.31. The summed E-state index contributed by atoms with van der Waals surface area (Å²) < 4.78 is 0. The lowest BCUT2D eigenvalue weighted by atomic mass is 9.76. The third-order valence-corrected chi connectivity index (χ3v) is 6.21. The van der Waals surface area contributed by atoms with Gasteiger partial charge in [-0.1, -0.05) is 60.1 Å². The molecule has 0 aromatic heterocycles. The van der Waals surface area contributed by atoms with Gasteiger partial charge in [0.25, 0.3) is 0 Å². The van der Waals surface area contributed by atoms with Crippen LogP contribution in [0.1, 0.15) is 42.7 Å². The number of hydrogen-bond acceptors (Lipinski definition) is 2. The van der Waals surface area contributed by atoms with Crippen LogP contribution in [0.25, 0.3) is 0 Å². The Morgan fingerprint density at radius 1 is 1.00 bits per heavy atom. The van der Waals surface area contributed by atoms with Gasteiger partial charge in [0, 0.05) is 24.2 Å². The van der Waals surface area contributed by atoms with Gasteiger partial charge >= 0.3 is 0 Å². The van der Waals surface area contributed by atoms with Crippen molar-refractivity contribution in [3.05, 3.63) is 70.7 Å². The highest BCUT2D eigenvalue weighted by Crippen LogP contribution is 2.42. The lowest BCUT2D eigenvalue weighted by Crippen LogP contribution is -2.52. The van der Waals surface area contributed by atoms with Crippen LogP contribution in [0.15, 0.2) is 54.6 Å². The number of benzene rings is 2. The third-order valence-electron chi connectivity index (χ3n) is 5.86. The fraction of sp³-hybridized carbons (Fsp3) is 0.429. The summed E-state index contributed by atoms with van der Waals surface area (Å²) in [6, 6.07) is 18.9. The van der Waals surface area contributed by atoms with Crippen molar-refractivity contribution in [1.82, 2.24) is 4.90 Å². The Balaban J connectivity index is 1.49. The summed E-state index contributed by atoms with van der Waals surface area (Å²) in [5, 5.41) is 12.0. The van der Waals surface area contributed by atoms with E-state index in [0.29, 0.717) is 12.0 Å². The van der Waals surface area contributed by atoms with Gasteiger partial charge in [0.2, 0.25) is 0 Å². The van der Waals surface area contributed by atoms with E-state index in [-0.39, 0.29) is 0 Å². The molecule has 4 rings (SSSR count). The minimum Gasteiger partial charge on any atom is -0.385 e. The third kappa shape index (κ3) is 2.99. The molecule has 0 spiro atoms. The van der Waals surface area contributed by atoms with E-state index in [9.17, 15) is 5.11 Å². The first-order chi connectivity index (χ1) is 11.7. The van der Waals surface area contributed by atoms with Gasteiger partial charge in [-0.25, -0.2) is 0 Å². The topological polar surface area (TPSA) is 23.5 Å². The van der Waals surface area contributed by atoms with E-state index in [1.165, 1.54) is 5.56 Å². The largest absolute Gasteiger partial charge is 0.385 e. The summed E-state index contributed by atoms with van der Waals surface area (Å²) in [6.07, 6.45) is 3.93. The van der Waals surface area contributed by atoms with Crippen LogP contribution in [-0.2, 0) is 5.60 Å². The molecule has 24 heavy (non-hydrogen) atoms. The first kappa shape index (κ1) is 16.1. The van der Waals surface area contributed by atoms with E-state index in [0.717, 1.165) is 49.4 Å². The minimum atomic E-state index is -0.667. The summed E-state index contributed by atoms with van der Waals surface area (Å²) >= 11 is 6.40. The molecule has 2 saturated heterocycles. The molecule has 2 aliphatic rings. The van der Waals surface area contributed by atoms with Gasteiger partial charge in [-0.05, 0) is 48.8 Å². The van der Waals surface area contributed by atoms with Gasteiger partial charge in [-0.3, -0.25) is 4.90 Å². The van der Waals surface area contributed by atoms with Crippen molar-refractivity contribution < 1.29 is 5.11 Å². The number of nitrogens with zero attached hydrogens (tertiary/aromatic N) is 1. The smallest absolute Gasteiger partial charge is 0.0923 e. The van der Waals surface area contributed by atoms with Crippen LogP contribution in [0, 0.1) is 0 Å². The van der Waals surface area contributed by atoms with Crippen LogP contribution in [0.4, 0.5) is 0 Å². The molecule has 0 unspecified atom stereocenters. The standard InChI is InChI=1S/C21H24ClNO/c22-20-9-5-4-8-19(20)16-10-11-18-14-21(24,12-13-23(18)15-16)17-6-2-1-3-7-17/h1-9,16,18,24H,10-15H2/t16-,18+,21+/m1/s1. The first-order valence-corrected chi connectivity index (χ1v) is 9.30. The second kappa shape index (κ2) is 6.51. The molecule has 2 nitrogen and oxygen atoms in total. The second-order valence-electron chi connectivity index (χ2n) is 7.30. The fourth-order valence-electron chi connectivity index (χ4n) is 4.50. The number of piperidine rings is 2. The lowest BCUT2D eigenvalue weighted by Gasteiger charge is -2.48. The van der Waals surface area contributed by atoms with E-state index in [1.807, 2.05) is 30.3 Å². The normalized spacial score (nSPS) is 30.8. The molecule has 2 aliphatic heterocycles. The molecule has 2 aromatic carbocycles. The van der Waals surface area contributed by atoms with Gasteiger partial charge < -0.3 is 5.11 Å². The highest BCUT2D eigenvalue weighted by Gasteiger charge is 2.42. The Kier molecular flexibility index (Phi) is 4.38. The number of aliphatic hydroxyl groups is 1. The molecule has 3 heteroatoms. The average Bonchev–Trinajstić information content (AvgIpc) is 2.62. The Hall–Kier alpha value is -1.35. The van der Waals surface area contributed by atoms with Gasteiger partial charge in [0.05, 0.1) is 5.60 Å². The molecule has 0 amide bonds. The molecular formula is C21H24ClNO. The molecule has 126 valence electrons. The Bertz CT molecular complexity index is 704. The zero-order valence-corrected chi connectivity index (χ0v) is 14.6. The summed E-state index contributed by atoms with van der Waals surface area (Å²) in [5.74, 6) is 0.512.